The van der Waals surface area contributed by atoms with Gasteiger partial charge in [-0.25, -0.2) is 0 Å². The van der Waals surface area contributed by atoms with Gasteiger partial charge >= 0.3 is 0 Å². The van der Waals surface area contributed by atoms with E-state index in [1.807, 2.05) is 0 Å². The summed E-state index contributed by atoms with van der Waals surface area (Å²) in [7, 11) is 0. The zero-order chi connectivity index (χ0) is 39.6. The Morgan fingerprint density at radius 1 is 0.167 bits per heavy atom. The quantitative estimate of drug-likeness (QED) is 0.148. The molecule has 0 unspecified atom stereocenters. The summed E-state index contributed by atoms with van der Waals surface area (Å²) in [5, 5.41) is 12.8. The molecule has 0 atom stereocenters. The van der Waals surface area contributed by atoms with Crippen molar-refractivity contribution in [3.63, 3.8) is 0 Å². The van der Waals surface area contributed by atoms with Gasteiger partial charge < -0.3 is 0 Å². The molecule has 0 saturated heterocycles. The highest BCUT2D eigenvalue weighted by Gasteiger charge is 2.21. The van der Waals surface area contributed by atoms with Gasteiger partial charge in [0, 0.05) is 0 Å². The van der Waals surface area contributed by atoms with Gasteiger partial charge in [0.25, 0.3) is 0 Å². The second kappa shape index (κ2) is 13.9. The molecule has 0 saturated carbocycles. The Labute approximate surface area is 349 Å². The predicted molar refractivity (Wildman–Crippen MR) is 258 cm³/mol. The first-order valence-corrected chi connectivity index (χ1v) is 20.8. The van der Waals surface area contributed by atoms with E-state index in [1.54, 1.807) is 0 Å². The number of fused-ring (bicyclic) bond motifs is 2. The zero-order valence-electron chi connectivity index (χ0n) is 32.9. The molecule has 0 bridgehead atoms. The Hall–Kier alpha value is -7.80. The van der Waals surface area contributed by atoms with Gasteiger partial charge in [-0.3, -0.25) is 0 Å². The average Bonchev–Trinajstić information content (AvgIpc) is 3.33. The normalized spacial score (nSPS) is 11.7. The Bertz CT molecular complexity index is 3290. The Kier molecular flexibility index (Phi) is 7.96. The summed E-state index contributed by atoms with van der Waals surface area (Å²) >= 11 is 0. The van der Waals surface area contributed by atoms with E-state index in [9.17, 15) is 0 Å². The lowest BCUT2D eigenvalue weighted by atomic mass is 9.81. The number of benzene rings is 12. The van der Waals surface area contributed by atoms with Crippen LogP contribution < -0.4 is 0 Å². The molecule has 0 aliphatic carbocycles. The first-order chi connectivity index (χ1) is 29.8. The molecule has 12 aromatic rings. The molecular weight excluding hydrogens is 721 g/mol. The van der Waals surface area contributed by atoms with Gasteiger partial charge in [-0.05, 0) is 133 Å². The minimum absolute atomic E-state index is 1.21. The molecule has 12 aromatic carbocycles. The molecule has 0 amide bonds. The molecule has 0 aromatic heterocycles. The fourth-order valence-corrected chi connectivity index (χ4v) is 9.80. The molecule has 60 heavy (non-hydrogen) atoms. The first-order valence-electron chi connectivity index (χ1n) is 20.8. The van der Waals surface area contributed by atoms with Crippen molar-refractivity contribution >= 4 is 53.9 Å². The van der Waals surface area contributed by atoms with Crippen molar-refractivity contribution in [3.05, 3.63) is 231 Å². The first kappa shape index (κ1) is 34.3. The van der Waals surface area contributed by atoms with Crippen LogP contribution >= 0.6 is 0 Å². The molecule has 0 heterocycles. The maximum absolute atomic E-state index is 2.43. The summed E-state index contributed by atoms with van der Waals surface area (Å²) in [6, 6.07) is 85.1. The van der Waals surface area contributed by atoms with Crippen LogP contribution in [-0.2, 0) is 0 Å². The molecule has 0 fully saturated rings. The second-order valence-corrected chi connectivity index (χ2v) is 16.0. The van der Waals surface area contributed by atoms with E-state index in [0.29, 0.717) is 0 Å². The third-order valence-electron chi connectivity index (χ3n) is 12.7. The van der Waals surface area contributed by atoms with E-state index >= 15 is 0 Å². The van der Waals surface area contributed by atoms with Crippen molar-refractivity contribution in [2.45, 2.75) is 0 Å². The monoisotopic (exact) mass is 758 g/mol. The van der Waals surface area contributed by atoms with Crippen LogP contribution in [0.25, 0.3) is 121 Å². The van der Waals surface area contributed by atoms with Crippen LogP contribution in [0, 0.1) is 0 Å². The van der Waals surface area contributed by atoms with Gasteiger partial charge in [-0.1, -0.05) is 218 Å². The maximum atomic E-state index is 2.43. The van der Waals surface area contributed by atoms with Crippen molar-refractivity contribution in [1.82, 2.24) is 0 Å². The van der Waals surface area contributed by atoms with Crippen LogP contribution in [0.5, 0.6) is 0 Å². The Morgan fingerprint density at radius 3 is 0.817 bits per heavy atom. The lowest BCUT2D eigenvalue weighted by Crippen LogP contribution is -1.94. The van der Waals surface area contributed by atoms with Crippen LogP contribution in [0.2, 0.25) is 0 Å². The van der Waals surface area contributed by atoms with E-state index in [-0.39, 0.29) is 0 Å². The van der Waals surface area contributed by atoms with Crippen molar-refractivity contribution < 1.29 is 0 Å². The standard InChI is InChI=1S/C60H38/c1-3-13-41(14-4-1)55-37-57(45-29-25-43(26-30-45)49-23-11-19-39-17-7-9-21-47(39)49)53-36-34-52-56(42-15-5-2-6-16-42)38-58(54-35-33-51(55)59(53)60(52)54)46-31-27-44(28-32-46)50-24-12-20-40-18-8-10-22-48(40)50/h1-38H. The summed E-state index contributed by atoms with van der Waals surface area (Å²) in [5.41, 5.74) is 14.8. The topological polar surface area (TPSA) is 0 Å². The van der Waals surface area contributed by atoms with Gasteiger partial charge in [-0.15, -0.1) is 0 Å². The zero-order valence-corrected chi connectivity index (χ0v) is 32.9. The van der Waals surface area contributed by atoms with Gasteiger partial charge in [0.2, 0.25) is 0 Å². The highest BCUT2D eigenvalue weighted by molar-refractivity contribution is 6.32. The van der Waals surface area contributed by atoms with E-state index in [0.717, 1.165) is 0 Å². The molecule has 0 nitrogen and oxygen atoms in total. The van der Waals surface area contributed by atoms with E-state index in [2.05, 4.69) is 231 Å². The van der Waals surface area contributed by atoms with Crippen molar-refractivity contribution in [1.29, 1.82) is 0 Å². The van der Waals surface area contributed by atoms with Crippen LogP contribution in [0.4, 0.5) is 0 Å². The van der Waals surface area contributed by atoms with Gasteiger partial charge in [0.05, 0.1) is 0 Å². The van der Waals surface area contributed by atoms with Crippen LogP contribution in [0.1, 0.15) is 0 Å². The molecule has 0 aliphatic rings. The molecular formula is C60H38. The molecule has 278 valence electrons. The molecule has 0 spiro atoms. The number of hydrogen-bond acceptors (Lipinski definition) is 0. The van der Waals surface area contributed by atoms with Gasteiger partial charge in [-0.2, -0.15) is 0 Å². The van der Waals surface area contributed by atoms with Gasteiger partial charge in [0.1, 0.15) is 0 Å². The van der Waals surface area contributed by atoms with Crippen molar-refractivity contribution in [3.8, 4) is 66.8 Å². The minimum Gasteiger partial charge on any atom is -0.0622 e. The minimum atomic E-state index is 1.21. The molecule has 0 radical (unpaired) electrons. The molecule has 0 heteroatoms. The summed E-state index contributed by atoms with van der Waals surface area (Å²) in [6.45, 7) is 0. The maximum Gasteiger partial charge on any atom is -0.00139 e. The fourth-order valence-electron chi connectivity index (χ4n) is 9.80. The van der Waals surface area contributed by atoms with Crippen molar-refractivity contribution in [2.24, 2.45) is 0 Å². The largest absolute Gasteiger partial charge is 0.0622 e. The van der Waals surface area contributed by atoms with E-state index in [4.69, 9.17) is 0 Å². The van der Waals surface area contributed by atoms with E-state index in [1.165, 1.54) is 121 Å². The third-order valence-corrected chi connectivity index (χ3v) is 12.7. The average molecular weight is 759 g/mol. The molecule has 0 N–H and O–H groups in total. The lowest BCUT2D eigenvalue weighted by molar-refractivity contribution is 1.61. The molecule has 0 aliphatic heterocycles. The van der Waals surface area contributed by atoms with Crippen LogP contribution in [0.15, 0.2) is 231 Å². The Balaban J connectivity index is 1.10. The molecule has 12 rings (SSSR count). The number of rotatable bonds is 6. The fraction of sp³-hybridized carbons (Fsp3) is 0. The predicted octanol–water partition coefficient (Wildman–Crippen LogP) is 16.9. The Morgan fingerprint density at radius 2 is 0.450 bits per heavy atom. The van der Waals surface area contributed by atoms with E-state index < -0.39 is 0 Å². The summed E-state index contributed by atoms with van der Waals surface area (Å²) < 4.78 is 0. The SMILES string of the molecule is c1ccc(-c2cc(-c3ccc(-c4cccc5ccccc45)cc3)c3ccc4c(-c5ccccc5)cc(-c5ccc(-c6cccc7ccccc67)cc5)c5ccc2c3c45)cc1. The van der Waals surface area contributed by atoms with Crippen LogP contribution in [-0.4, -0.2) is 0 Å². The summed E-state index contributed by atoms with van der Waals surface area (Å²) in [6.07, 6.45) is 0. The summed E-state index contributed by atoms with van der Waals surface area (Å²) in [4.78, 5) is 0. The highest BCUT2D eigenvalue weighted by atomic mass is 14.2. The van der Waals surface area contributed by atoms with Crippen molar-refractivity contribution in [2.75, 3.05) is 0 Å². The summed E-state index contributed by atoms with van der Waals surface area (Å²) in [5.74, 6) is 0. The lowest BCUT2D eigenvalue weighted by Gasteiger charge is -2.21. The third kappa shape index (κ3) is 5.53. The van der Waals surface area contributed by atoms with Gasteiger partial charge in [0.15, 0.2) is 0 Å². The number of hydrogen-bond donors (Lipinski definition) is 0. The highest BCUT2D eigenvalue weighted by Crippen LogP contribution is 2.49. The smallest absolute Gasteiger partial charge is 0.00139 e. The van der Waals surface area contributed by atoms with Crippen LogP contribution in [0.3, 0.4) is 0 Å². The second-order valence-electron chi connectivity index (χ2n) is 16.0.